The van der Waals surface area contributed by atoms with Crippen molar-refractivity contribution in [3.63, 3.8) is 0 Å². The van der Waals surface area contributed by atoms with Gasteiger partial charge in [0.2, 0.25) is 0 Å². The molecular formula is C18H15N3S. The van der Waals surface area contributed by atoms with E-state index in [0.29, 0.717) is 11.4 Å². The standard InChI is InChI=1S/C18H15N3S/c19-10-13-15(11-6-2-1-3-7-11)16-12-8-4-5-9-14(12)22-18(16)21-17(13)20/h1-3,6-7H,4-5,8-9H2,(H2,20,21). The normalized spacial score (nSPS) is 13.8. The lowest BCUT2D eigenvalue weighted by molar-refractivity contribution is 0.700. The highest BCUT2D eigenvalue weighted by Gasteiger charge is 2.23. The highest BCUT2D eigenvalue weighted by atomic mass is 32.1. The monoisotopic (exact) mass is 305 g/mol. The Bertz CT molecular complexity index is 904. The molecular weight excluding hydrogens is 290 g/mol. The molecule has 3 nitrogen and oxygen atoms in total. The topological polar surface area (TPSA) is 62.7 Å². The number of nitrogen functional groups attached to an aromatic ring is 1. The van der Waals surface area contributed by atoms with Crippen LogP contribution in [0.4, 0.5) is 5.82 Å². The van der Waals surface area contributed by atoms with Crippen molar-refractivity contribution in [3.05, 3.63) is 46.3 Å². The number of benzene rings is 1. The minimum atomic E-state index is 0.340. The van der Waals surface area contributed by atoms with Gasteiger partial charge in [-0.05, 0) is 36.8 Å². The van der Waals surface area contributed by atoms with Crippen molar-refractivity contribution in [1.29, 1.82) is 5.26 Å². The van der Waals surface area contributed by atoms with Gasteiger partial charge in [-0.15, -0.1) is 11.3 Å². The SMILES string of the molecule is N#Cc1c(N)nc2sc3c(c2c1-c1ccccc1)CCCC3. The number of rotatable bonds is 1. The largest absolute Gasteiger partial charge is 0.383 e. The second-order valence-electron chi connectivity index (χ2n) is 5.62. The Kier molecular flexibility index (Phi) is 3.09. The first-order chi connectivity index (χ1) is 10.8. The predicted octanol–water partition coefficient (Wildman–Crippen LogP) is 4.30. The van der Waals surface area contributed by atoms with E-state index in [1.54, 1.807) is 11.3 Å². The third-order valence-electron chi connectivity index (χ3n) is 4.31. The summed E-state index contributed by atoms with van der Waals surface area (Å²) in [4.78, 5) is 6.90. The van der Waals surface area contributed by atoms with Crippen LogP contribution in [0.15, 0.2) is 30.3 Å². The maximum Gasteiger partial charge on any atom is 0.143 e. The number of nitrogens with zero attached hydrogens (tertiary/aromatic N) is 2. The lowest BCUT2D eigenvalue weighted by Crippen LogP contribution is -2.01. The van der Waals surface area contributed by atoms with E-state index in [1.165, 1.54) is 23.3 Å². The summed E-state index contributed by atoms with van der Waals surface area (Å²) < 4.78 is 0. The average molecular weight is 305 g/mol. The number of hydrogen-bond acceptors (Lipinski definition) is 4. The molecule has 2 aromatic heterocycles. The number of fused-ring (bicyclic) bond motifs is 3. The zero-order chi connectivity index (χ0) is 15.1. The molecule has 0 spiro atoms. The van der Waals surface area contributed by atoms with Crippen molar-refractivity contribution in [3.8, 4) is 17.2 Å². The third-order valence-corrected chi connectivity index (χ3v) is 5.49. The summed E-state index contributed by atoms with van der Waals surface area (Å²) in [5.74, 6) is 0.340. The van der Waals surface area contributed by atoms with E-state index >= 15 is 0 Å². The summed E-state index contributed by atoms with van der Waals surface area (Å²) in [7, 11) is 0. The summed E-state index contributed by atoms with van der Waals surface area (Å²) in [5.41, 5.74) is 9.96. The second-order valence-corrected chi connectivity index (χ2v) is 6.70. The van der Waals surface area contributed by atoms with Gasteiger partial charge in [0.1, 0.15) is 22.3 Å². The van der Waals surface area contributed by atoms with Gasteiger partial charge in [-0.1, -0.05) is 30.3 Å². The van der Waals surface area contributed by atoms with Crippen LogP contribution < -0.4 is 5.73 Å². The summed E-state index contributed by atoms with van der Waals surface area (Å²) >= 11 is 1.74. The lowest BCUT2D eigenvalue weighted by atomic mass is 9.91. The van der Waals surface area contributed by atoms with Gasteiger partial charge in [-0.3, -0.25) is 0 Å². The van der Waals surface area contributed by atoms with Crippen molar-refractivity contribution in [1.82, 2.24) is 4.98 Å². The number of hydrogen-bond donors (Lipinski definition) is 1. The number of thiophene rings is 1. The van der Waals surface area contributed by atoms with E-state index in [-0.39, 0.29) is 0 Å². The summed E-state index contributed by atoms with van der Waals surface area (Å²) in [6.45, 7) is 0. The molecule has 0 amide bonds. The predicted molar refractivity (Wildman–Crippen MR) is 90.8 cm³/mol. The van der Waals surface area contributed by atoms with Crippen LogP contribution in [0.2, 0.25) is 0 Å². The van der Waals surface area contributed by atoms with E-state index < -0.39 is 0 Å². The van der Waals surface area contributed by atoms with Gasteiger partial charge in [0.15, 0.2) is 0 Å². The molecule has 4 rings (SSSR count). The van der Waals surface area contributed by atoms with Crippen LogP contribution in [-0.2, 0) is 12.8 Å². The smallest absolute Gasteiger partial charge is 0.143 e. The highest BCUT2D eigenvalue weighted by molar-refractivity contribution is 7.19. The number of pyridine rings is 1. The molecule has 22 heavy (non-hydrogen) atoms. The van der Waals surface area contributed by atoms with Gasteiger partial charge in [-0.2, -0.15) is 5.26 Å². The van der Waals surface area contributed by atoms with E-state index in [1.807, 2.05) is 30.3 Å². The maximum absolute atomic E-state index is 9.60. The number of nitrogens with two attached hydrogens (primary N) is 1. The zero-order valence-electron chi connectivity index (χ0n) is 12.1. The van der Waals surface area contributed by atoms with Gasteiger partial charge < -0.3 is 5.73 Å². The van der Waals surface area contributed by atoms with Gasteiger partial charge >= 0.3 is 0 Å². The van der Waals surface area contributed by atoms with Crippen LogP contribution in [0.25, 0.3) is 21.3 Å². The molecule has 0 saturated heterocycles. The molecule has 0 fully saturated rings. The molecule has 0 aliphatic heterocycles. The first kappa shape index (κ1) is 13.3. The molecule has 2 heterocycles. The molecule has 1 aliphatic carbocycles. The van der Waals surface area contributed by atoms with Crippen LogP contribution in [-0.4, -0.2) is 4.98 Å². The summed E-state index contributed by atoms with van der Waals surface area (Å²) in [6, 6.07) is 12.3. The van der Waals surface area contributed by atoms with E-state index in [4.69, 9.17) is 5.73 Å². The quantitative estimate of drug-likeness (QED) is 0.729. The first-order valence-electron chi connectivity index (χ1n) is 7.49. The summed E-state index contributed by atoms with van der Waals surface area (Å²) in [6.07, 6.45) is 4.64. The fourth-order valence-electron chi connectivity index (χ4n) is 3.31. The Morgan fingerprint density at radius 1 is 1.14 bits per heavy atom. The molecule has 4 heteroatoms. The van der Waals surface area contributed by atoms with Crippen LogP contribution in [0.5, 0.6) is 0 Å². The molecule has 0 saturated carbocycles. The molecule has 0 atom stereocenters. The number of anilines is 1. The maximum atomic E-state index is 9.60. The Hall–Kier alpha value is -2.38. The average Bonchev–Trinajstić information content (AvgIpc) is 2.92. The van der Waals surface area contributed by atoms with E-state index in [0.717, 1.165) is 34.2 Å². The van der Waals surface area contributed by atoms with Crippen LogP contribution in [0.3, 0.4) is 0 Å². The minimum absolute atomic E-state index is 0.340. The highest BCUT2D eigenvalue weighted by Crippen LogP contribution is 2.43. The fourth-order valence-corrected chi connectivity index (χ4v) is 4.59. The molecule has 0 radical (unpaired) electrons. The number of aryl methyl sites for hydroxylation is 2. The van der Waals surface area contributed by atoms with E-state index in [2.05, 4.69) is 11.1 Å². The fraction of sp³-hybridized carbons (Fsp3) is 0.222. The molecule has 0 bridgehead atoms. The molecule has 1 aromatic carbocycles. The van der Waals surface area contributed by atoms with Gasteiger partial charge in [0.05, 0.1) is 0 Å². The van der Waals surface area contributed by atoms with Gasteiger partial charge in [0.25, 0.3) is 0 Å². The Morgan fingerprint density at radius 3 is 2.68 bits per heavy atom. The van der Waals surface area contributed by atoms with Crippen LogP contribution in [0, 0.1) is 11.3 Å². The Morgan fingerprint density at radius 2 is 1.91 bits per heavy atom. The molecule has 3 aromatic rings. The van der Waals surface area contributed by atoms with Crippen LogP contribution >= 0.6 is 11.3 Å². The lowest BCUT2D eigenvalue weighted by Gasteiger charge is -2.13. The minimum Gasteiger partial charge on any atom is -0.383 e. The van der Waals surface area contributed by atoms with Crippen molar-refractivity contribution in [2.45, 2.75) is 25.7 Å². The van der Waals surface area contributed by atoms with Crippen molar-refractivity contribution < 1.29 is 0 Å². The summed E-state index contributed by atoms with van der Waals surface area (Å²) in [5, 5.41) is 10.7. The first-order valence-corrected chi connectivity index (χ1v) is 8.30. The molecule has 0 unspecified atom stereocenters. The molecule has 1 aliphatic rings. The van der Waals surface area contributed by atoms with E-state index in [9.17, 15) is 5.26 Å². The van der Waals surface area contributed by atoms with Crippen molar-refractivity contribution in [2.24, 2.45) is 0 Å². The number of aromatic nitrogens is 1. The van der Waals surface area contributed by atoms with Gasteiger partial charge in [0, 0.05) is 15.8 Å². The van der Waals surface area contributed by atoms with Crippen molar-refractivity contribution >= 4 is 27.4 Å². The Balaban J connectivity index is 2.16. The number of nitriles is 1. The van der Waals surface area contributed by atoms with Crippen LogP contribution in [0.1, 0.15) is 28.8 Å². The molecule has 108 valence electrons. The third kappa shape index (κ3) is 1.90. The second kappa shape index (κ2) is 5.11. The van der Waals surface area contributed by atoms with Gasteiger partial charge in [-0.25, -0.2) is 4.98 Å². The Labute approximate surface area is 133 Å². The molecule has 2 N–H and O–H groups in total. The van der Waals surface area contributed by atoms with Crippen molar-refractivity contribution in [2.75, 3.05) is 5.73 Å². The zero-order valence-corrected chi connectivity index (χ0v) is 12.9.